The molecule has 0 amide bonds. The summed E-state index contributed by atoms with van der Waals surface area (Å²) in [7, 11) is 3.94. The summed E-state index contributed by atoms with van der Waals surface area (Å²) in [4.78, 5) is 6.56. The molecule has 0 spiro atoms. The van der Waals surface area contributed by atoms with Crippen LogP contribution in [0.2, 0.25) is 10.0 Å². The summed E-state index contributed by atoms with van der Waals surface area (Å²) in [6.07, 6.45) is 1.94. The van der Waals surface area contributed by atoms with Crippen molar-refractivity contribution in [3.8, 4) is 11.3 Å². The zero-order valence-electron chi connectivity index (χ0n) is 11.6. The summed E-state index contributed by atoms with van der Waals surface area (Å²) in [6.45, 7) is 0. The summed E-state index contributed by atoms with van der Waals surface area (Å²) in [6, 6.07) is 9.25. The third-order valence-electron chi connectivity index (χ3n) is 3.36. The molecular weight excluding hydrogens is 307 g/mol. The first-order valence-electron chi connectivity index (χ1n) is 6.38. The van der Waals surface area contributed by atoms with Crippen LogP contribution in [0.4, 0.5) is 11.5 Å². The maximum atomic E-state index is 6.25. The highest BCUT2D eigenvalue weighted by Crippen LogP contribution is 2.37. The smallest absolute Gasteiger partial charge is 0.139 e. The van der Waals surface area contributed by atoms with Crippen LogP contribution in [-0.4, -0.2) is 23.5 Å². The number of aromatic nitrogens is 2. The number of hydrogen-bond acceptors (Lipinski definition) is 3. The molecule has 1 aromatic carbocycles. The van der Waals surface area contributed by atoms with Gasteiger partial charge in [0.15, 0.2) is 0 Å². The zero-order valence-corrected chi connectivity index (χ0v) is 13.2. The number of hydrogen-bond donors (Lipinski definition) is 1. The molecule has 0 saturated heterocycles. The van der Waals surface area contributed by atoms with E-state index in [0.29, 0.717) is 27.1 Å². The third-order valence-corrected chi connectivity index (χ3v) is 3.99. The Kier molecular flexibility index (Phi) is 3.43. The summed E-state index contributed by atoms with van der Waals surface area (Å²) < 4.78 is 1.84. The van der Waals surface area contributed by atoms with E-state index in [2.05, 4.69) is 4.98 Å². The van der Waals surface area contributed by atoms with Crippen LogP contribution in [0, 0.1) is 0 Å². The largest absolute Gasteiger partial charge is 0.383 e. The number of nitrogens with two attached hydrogens (primary N) is 1. The lowest BCUT2D eigenvalue weighted by Crippen LogP contribution is -2.09. The molecule has 2 N–H and O–H groups in total. The van der Waals surface area contributed by atoms with Crippen molar-refractivity contribution < 1.29 is 0 Å². The van der Waals surface area contributed by atoms with Gasteiger partial charge in [-0.1, -0.05) is 29.3 Å². The van der Waals surface area contributed by atoms with Gasteiger partial charge in [0.2, 0.25) is 0 Å². The third kappa shape index (κ3) is 2.30. The van der Waals surface area contributed by atoms with Gasteiger partial charge in [0.1, 0.15) is 17.2 Å². The highest BCUT2D eigenvalue weighted by Gasteiger charge is 2.17. The number of rotatable bonds is 2. The van der Waals surface area contributed by atoms with Gasteiger partial charge in [-0.3, -0.25) is 4.40 Å². The van der Waals surface area contributed by atoms with Crippen molar-refractivity contribution in [2.45, 2.75) is 0 Å². The maximum absolute atomic E-state index is 6.25. The van der Waals surface area contributed by atoms with Crippen molar-refractivity contribution in [2.24, 2.45) is 0 Å². The molecule has 0 aliphatic rings. The van der Waals surface area contributed by atoms with E-state index in [1.54, 1.807) is 18.2 Å². The highest BCUT2D eigenvalue weighted by atomic mass is 35.5. The van der Waals surface area contributed by atoms with Crippen molar-refractivity contribution in [1.29, 1.82) is 0 Å². The van der Waals surface area contributed by atoms with Crippen molar-refractivity contribution >= 4 is 40.4 Å². The van der Waals surface area contributed by atoms with E-state index in [0.717, 1.165) is 11.3 Å². The van der Waals surface area contributed by atoms with Gasteiger partial charge in [-0.2, -0.15) is 0 Å². The van der Waals surface area contributed by atoms with E-state index in [1.807, 2.05) is 41.7 Å². The molecular formula is C15H14Cl2N4. The van der Waals surface area contributed by atoms with Crippen LogP contribution < -0.4 is 10.6 Å². The number of nitrogens with zero attached hydrogens (tertiary/aromatic N) is 3. The highest BCUT2D eigenvalue weighted by molar-refractivity contribution is 6.39. The number of anilines is 2. The molecule has 0 saturated carbocycles. The molecule has 2 heterocycles. The molecule has 0 aliphatic heterocycles. The first kappa shape index (κ1) is 14.0. The number of fused-ring (bicyclic) bond motifs is 1. The molecule has 3 rings (SSSR count). The van der Waals surface area contributed by atoms with E-state index in [9.17, 15) is 0 Å². The molecule has 0 aliphatic carbocycles. The van der Waals surface area contributed by atoms with Gasteiger partial charge in [-0.15, -0.1) is 0 Å². The van der Waals surface area contributed by atoms with Gasteiger partial charge >= 0.3 is 0 Å². The molecule has 2 aromatic heterocycles. The number of pyridine rings is 1. The number of nitrogen functional groups attached to an aromatic ring is 1. The number of imidazole rings is 1. The van der Waals surface area contributed by atoms with Gasteiger partial charge < -0.3 is 10.6 Å². The summed E-state index contributed by atoms with van der Waals surface area (Å²) >= 11 is 12.5. The maximum Gasteiger partial charge on any atom is 0.139 e. The molecule has 6 heteroatoms. The summed E-state index contributed by atoms with van der Waals surface area (Å²) in [5.41, 5.74) is 9.29. The van der Waals surface area contributed by atoms with Crippen LogP contribution in [0.5, 0.6) is 0 Å². The van der Waals surface area contributed by atoms with E-state index < -0.39 is 0 Å². The quantitative estimate of drug-likeness (QED) is 0.777. The van der Waals surface area contributed by atoms with Gasteiger partial charge in [0.05, 0.1) is 15.7 Å². The normalized spacial score (nSPS) is 11.0. The summed E-state index contributed by atoms with van der Waals surface area (Å²) in [5.74, 6) is 0.517. The van der Waals surface area contributed by atoms with E-state index in [4.69, 9.17) is 28.9 Å². The van der Waals surface area contributed by atoms with Crippen molar-refractivity contribution in [1.82, 2.24) is 9.38 Å². The molecule has 0 atom stereocenters. The molecule has 4 nitrogen and oxygen atoms in total. The Balaban J connectivity index is 2.27. The predicted molar refractivity (Wildman–Crippen MR) is 89.4 cm³/mol. The van der Waals surface area contributed by atoms with E-state index in [1.165, 1.54) is 0 Å². The van der Waals surface area contributed by atoms with E-state index >= 15 is 0 Å². The Labute approximate surface area is 132 Å². The lowest BCUT2D eigenvalue weighted by atomic mass is 10.1. The average molecular weight is 321 g/mol. The second-order valence-electron chi connectivity index (χ2n) is 4.95. The fraction of sp³-hybridized carbons (Fsp3) is 0.133. The fourth-order valence-electron chi connectivity index (χ4n) is 2.22. The van der Waals surface area contributed by atoms with Crippen molar-refractivity contribution in [3.05, 3.63) is 46.6 Å². The first-order valence-corrected chi connectivity index (χ1v) is 7.14. The molecule has 108 valence electrons. The van der Waals surface area contributed by atoms with Crippen LogP contribution >= 0.6 is 23.2 Å². The van der Waals surface area contributed by atoms with Crippen LogP contribution in [0.15, 0.2) is 36.5 Å². The lowest BCUT2D eigenvalue weighted by molar-refractivity contribution is 1.09. The van der Waals surface area contributed by atoms with Crippen molar-refractivity contribution in [2.75, 3.05) is 24.7 Å². The Hall–Kier alpha value is -1.91. The van der Waals surface area contributed by atoms with Gasteiger partial charge in [-0.05, 0) is 24.3 Å². The second kappa shape index (κ2) is 5.13. The number of benzene rings is 1. The Morgan fingerprint density at radius 1 is 1.10 bits per heavy atom. The van der Waals surface area contributed by atoms with Crippen molar-refractivity contribution in [3.63, 3.8) is 0 Å². The minimum atomic E-state index is 0.517. The van der Waals surface area contributed by atoms with Gasteiger partial charge in [0, 0.05) is 25.9 Å². The molecule has 21 heavy (non-hydrogen) atoms. The minimum Gasteiger partial charge on any atom is -0.383 e. The van der Waals surface area contributed by atoms with Crippen LogP contribution in [0.25, 0.3) is 16.9 Å². The minimum absolute atomic E-state index is 0.517. The van der Waals surface area contributed by atoms with Gasteiger partial charge in [-0.25, -0.2) is 4.98 Å². The average Bonchev–Trinajstić information content (AvgIpc) is 2.75. The fourth-order valence-corrected chi connectivity index (χ4v) is 2.80. The molecule has 0 fully saturated rings. The Morgan fingerprint density at radius 2 is 1.76 bits per heavy atom. The van der Waals surface area contributed by atoms with Crippen LogP contribution in [0.1, 0.15) is 0 Å². The topological polar surface area (TPSA) is 46.6 Å². The first-order chi connectivity index (χ1) is 9.99. The Bertz CT molecular complexity index is 804. The van der Waals surface area contributed by atoms with Crippen LogP contribution in [0.3, 0.4) is 0 Å². The molecule has 0 unspecified atom stereocenters. The standard InChI is InChI=1S/C15H14Cl2N4/c1-20(2)9-6-7-12-19-14(15(18)21(12)8-9)13-10(16)4-3-5-11(13)17/h3-8H,18H2,1-2H3. The zero-order chi connectivity index (χ0) is 15.1. The number of halogens is 2. The molecule has 0 radical (unpaired) electrons. The monoisotopic (exact) mass is 320 g/mol. The lowest BCUT2D eigenvalue weighted by Gasteiger charge is -2.12. The summed E-state index contributed by atoms with van der Waals surface area (Å²) in [5, 5.41) is 1.07. The molecule has 3 aromatic rings. The van der Waals surface area contributed by atoms with Gasteiger partial charge in [0.25, 0.3) is 0 Å². The second-order valence-corrected chi connectivity index (χ2v) is 5.77. The SMILES string of the molecule is CN(C)c1ccc2nc(-c3c(Cl)cccc3Cl)c(N)n2c1. The van der Waals surface area contributed by atoms with Crippen LogP contribution in [-0.2, 0) is 0 Å². The predicted octanol–water partition coefficient (Wildman–Crippen LogP) is 3.96. The Morgan fingerprint density at radius 3 is 2.38 bits per heavy atom. The molecule has 0 bridgehead atoms. The van der Waals surface area contributed by atoms with E-state index in [-0.39, 0.29) is 0 Å².